The van der Waals surface area contributed by atoms with E-state index in [2.05, 4.69) is 33.0 Å². The molecule has 0 spiro atoms. The van der Waals surface area contributed by atoms with Gasteiger partial charge in [-0.1, -0.05) is 32.5 Å². The van der Waals surface area contributed by atoms with Gasteiger partial charge in [0, 0.05) is 23.8 Å². The van der Waals surface area contributed by atoms with Crippen molar-refractivity contribution >= 4 is 16.9 Å². The summed E-state index contributed by atoms with van der Waals surface area (Å²) in [7, 11) is 0. The molecule has 1 saturated heterocycles. The van der Waals surface area contributed by atoms with Gasteiger partial charge in [-0.3, -0.25) is 4.99 Å². The molecule has 2 fully saturated rings. The predicted molar refractivity (Wildman–Crippen MR) is 79.3 cm³/mol. The molecule has 0 aromatic rings. The molecule has 2 aliphatic rings. The Hall–Kier alpha value is -0.220. The van der Waals surface area contributed by atoms with E-state index in [4.69, 9.17) is 9.73 Å². The van der Waals surface area contributed by atoms with Gasteiger partial charge < -0.3 is 10.1 Å². The highest BCUT2D eigenvalue weighted by Crippen LogP contribution is 2.45. The molecule has 1 heterocycles. The first-order valence-corrected chi connectivity index (χ1v) is 8.15. The number of aliphatic imine (C=N–C) groups is 1. The predicted octanol–water partition coefficient (Wildman–Crippen LogP) is 3.05. The quantitative estimate of drug-likeness (QED) is 0.852. The summed E-state index contributed by atoms with van der Waals surface area (Å²) in [5.41, 5.74) is 0.185. The van der Waals surface area contributed by atoms with Crippen molar-refractivity contribution in [2.24, 2.45) is 10.4 Å². The average molecular weight is 270 g/mol. The number of thioether (sulfide) groups is 1. The SMILES string of the molecule is CCOC1CC(N=C2NC(CC)CCS2)C1(C)C. The van der Waals surface area contributed by atoms with E-state index in [0.29, 0.717) is 18.2 Å². The molecule has 2 rings (SSSR count). The van der Waals surface area contributed by atoms with Crippen LogP contribution in [0.15, 0.2) is 4.99 Å². The third-order valence-electron chi connectivity index (χ3n) is 4.29. The molecule has 0 bridgehead atoms. The van der Waals surface area contributed by atoms with E-state index in [1.807, 2.05) is 11.8 Å². The molecule has 1 aliphatic heterocycles. The van der Waals surface area contributed by atoms with Gasteiger partial charge in [-0.2, -0.15) is 0 Å². The van der Waals surface area contributed by atoms with E-state index >= 15 is 0 Å². The largest absolute Gasteiger partial charge is 0.378 e. The summed E-state index contributed by atoms with van der Waals surface area (Å²) < 4.78 is 5.76. The molecule has 0 radical (unpaired) electrons. The van der Waals surface area contributed by atoms with Gasteiger partial charge in [-0.15, -0.1) is 0 Å². The van der Waals surface area contributed by atoms with Gasteiger partial charge in [0.1, 0.15) is 0 Å². The molecule has 3 nitrogen and oxygen atoms in total. The fourth-order valence-electron chi connectivity index (χ4n) is 2.68. The van der Waals surface area contributed by atoms with Crippen LogP contribution >= 0.6 is 11.8 Å². The Balaban J connectivity index is 1.93. The highest BCUT2D eigenvalue weighted by molar-refractivity contribution is 8.13. The number of amidine groups is 1. The van der Waals surface area contributed by atoms with Crippen LogP contribution in [-0.4, -0.2) is 35.7 Å². The number of hydrogen-bond acceptors (Lipinski definition) is 3. The second kappa shape index (κ2) is 5.83. The monoisotopic (exact) mass is 270 g/mol. The van der Waals surface area contributed by atoms with Gasteiger partial charge in [0.2, 0.25) is 0 Å². The summed E-state index contributed by atoms with van der Waals surface area (Å²) in [6.07, 6.45) is 3.90. The Morgan fingerprint density at radius 2 is 2.22 bits per heavy atom. The minimum atomic E-state index is 0.185. The standard InChI is InChI=1S/C14H26N2OS/c1-5-10-7-8-18-13(15-10)16-11-9-12(17-6-2)14(11,3)4/h10-12H,5-9H2,1-4H3,(H,15,16). The molecular weight excluding hydrogens is 244 g/mol. The van der Waals surface area contributed by atoms with Crippen molar-refractivity contribution in [3.8, 4) is 0 Å². The third-order valence-corrected chi connectivity index (χ3v) is 5.23. The number of nitrogens with one attached hydrogen (secondary N) is 1. The van der Waals surface area contributed by atoms with Crippen LogP contribution in [0.2, 0.25) is 0 Å². The van der Waals surface area contributed by atoms with Gasteiger partial charge in [0.15, 0.2) is 5.17 Å². The first kappa shape index (κ1) is 14.2. The van der Waals surface area contributed by atoms with Gasteiger partial charge >= 0.3 is 0 Å². The third kappa shape index (κ3) is 2.85. The normalized spacial score (nSPS) is 37.1. The zero-order valence-corrected chi connectivity index (χ0v) is 12.8. The van der Waals surface area contributed by atoms with Gasteiger partial charge in [0.25, 0.3) is 0 Å². The van der Waals surface area contributed by atoms with Crippen LogP contribution in [0.3, 0.4) is 0 Å². The maximum Gasteiger partial charge on any atom is 0.157 e. The Labute approximate surface area is 115 Å². The second-order valence-corrected chi connectivity index (χ2v) is 6.92. The fraction of sp³-hybridized carbons (Fsp3) is 0.929. The van der Waals surface area contributed by atoms with E-state index in [9.17, 15) is 0 Å². The molecule has 1 aliphatic carbocycles. The summed E-state index contributed by atoms with van der Waals surface area (Å²) in [4.78, 5) is 4.91. The highest BCUT2D eigenvalue weighted by atomic mass is 32.2. The van der Waals surface area contributed by atoms with E-state index < -0.39 is 0 Å². The van der Waals surface area contributed by atoms with Crippen molar-refractivity contribution in [2.75, 3.05) is 12.4 Å². The molecule has 1 saturated carbocycles. The Bertz CT molecular complexity index is 317. The van der Waals surface area contributed by atoms with E-state index in [0.717, 1.165) is 18.2 Å². The van der Waals surface area contributed by atoms with Crippen molar-refractivity contribution in [1.82, 2.24) is 5.32 Å². The zero-order chi connectivity index (χ0) is 13.2. The molecule has 0 aromatic carbocycles. The summed E-state index contributed by atoms with van der Waals surface area (Å²) in [6, 6.07) is 1.04. The first-order valence-electron chi connectivity index (χ1n) is 7.16. The lowest BCUT2D eigenvalue weighted by molar-refractivity contribution is -0.103. The number of rotatable bonds is 4. The first-order chi connectivity index (χ1) is 8.57. The summed E-state index contributed by atoms with van der Waals surface area (Å²) in [6.45, 7) is 9.67. The fourth-order valence-corrected chi connectivity index (χ4v) is 3.72. The highest BCUT2D eigenvalue weighted by Gasteiger charge is 2.49. The Kier molecular flexibility index (Phi) is 4.59. The molecular formula is C14H26N2OS. The van der Waals surface area contributed by atoms with E-state index in [1.54, 1.807) is 0 Å². The maximum atomic E-state index is 5.76. The lowest BCUT2D eigenvalue weighted by Gasteiger charge is -2.49. The molecule has 18 heavy (non-hydrogen) atoms. The molecule has 0 aromatic heterocycles. The lowest BCUT2D eigenvalue weighted by Crippen LogP contribution is -2.54. The van der Waals surface area contributed by atoms with Crippen molar-refractivity contribution in [1.29, 1.82) is 0 Å². The zero-order valence-electron chi connectivity index (χ0n) is 12.0. The lowest BCUT2D eigenvalue weighted by atomic mass is 9.65. The molecule has 0 amide bonds. The summed E-state index contributed by atoms with van der Waals surface area (Å²) in [5.74, 6) is 1.20. The smallest absolute Gasteiger partial charge is 0.157 e. The van der Waals surface area contributed by atoms with Crippen LogP contribution in [0.1, 0.15) is 47.0 Å². The minimum absolute atomic E-state index is 0.185. The van der Waals surface area contributed by atoms with Crippen molar-refractivity contribution in [2.45, 2.75) is 65.1 Å². The van der Waals surface area contributed by atoms with Crippen LogP contribution in [0.4, 0.5) is 0 Å². The van der Waals surface area contributed by atoms with Gasteiger partial charge in [-0.25, -0.2) is 0 Å². The van der Waals surface area contributed by atoms with Crippen molar-refractivity contribution < 1.29 is 4.74 Å². The van der Waals surface area contributed by atoms with Crippen LogP contribution in [0, 0.1) is 5.41 Å². The van der Waals surface area contributed by atoms with Crippen molar-refractivity contribution in [3.05, 3.63) is 0 Å². The van der Waals surface area contributed by atoms with Crippen LogP contribution in [0.25, 0.3) is 0 Å². The van der Waals surface area contributed by atoms with Crippen LogP contribution in [-0.2, 0) is 4.74 Å². The van der Waals surface area contributed by atoms with Gasteiger partial charge in [0.05, 0.1) is 12.1 Å². The van der Waals surface area contributed by atoms with E-state index in [1.165, 1.54) is 18.6 Å². The van der Waals surface area contributed by atoms with Crippen LogP contribution < -0.4 is 5.32 Å². The molecule has 104 valence electrons. The molecule has 1 N–H and O–H groups in total. The summed E-state index contributed by atoms with van der Waals surface area (Å²) in [5, 5.41) is 4.71. The number of ether oxygens (including phenoxy) is 1. The average Bonchev–Trinajstić information content (AvgIpc) is 2.38. The number of hydrogen-bond donors (Lipinski definition) is 1. The van der Waals surface area contributed by atoms with Crippen LogP contribution in [0.5, 0.6) is 0 Å². The van der Waals surface area contributed by atoms with Gasteiger partial charge in [-0.05, 0) is 26.2 Å². The molecule has 4 heteroatoms. The topological polar surface area (TPSA) is 33.6 Å². The minimum Gasteiger partial charge on any atom is -0.378 e. The summed E-state index contributed by atoms with van der Waals surface area (Å²) >= 11 is 1.87. The van der Waals surface area contributed by atoms with E-state index in [-0.39, 0.29) is 5.41 Å². The number of nitrogens with zero attached hydrogens (tertiary/aromatic N) is 1. The molecule has 3 unspecified atom stereocenters. The second-order valence-electron chi connectivity index (χ2n) is 5.84. The Morgan fingerprint density at radius 3 is 2.83 bits per heavy atom. The molecule has 3 atom stereocenters. The Morgan fingerprint density at radius 1 is 1.44 bits per heavy atom. The van der Waals surface area contributed by atoms with Crippen molar-refractivity contribution in [3.63, 3.8) is 0 Å². The maximum absolute atomic E-state index is 5.76.